The average Bonchev–Trinajstić information content (AvgIpc) is 2.72. The molecule has 2 saturated carbocycles. The fourth-order valence-electron chi connectivity index (χ4n) is 5.50. The predicted molar refractivity (Wildman–Crippen MR) is 117 cm³/mol. The van der Waals surface area contributed by atoms with Gasteiger partial charge in [-0.3, -0.25) is 0 Å². The van der Waals surface area contributed by atoms with E-state index < -0.39 is 0 Å². The van der Waals surface area contributed by atoms with Crippen LogP contribution in [0.5, 0.6) is 5.75 Å². The van der Waals surface area contributed by atoms with E-state index in [1.165, 1.54) is 63.9 Å². The van der Waals surface area contributed by atoms with E-state index in [4.69, 9.17) is 16.3 Å². The number of hydrogen-bond donors (Lipinski definition) is 0. The molecule has 2 aliphatic carbocycles. The number of benzene rings is 1. The van der Waals surface area contributed by atoms with Crippen molar-refractivity contribution >= 4 is 11.6 Å². The standard InChI is InChI=1S/C25H38ClFO/c1-3-4-5-18-6-8-19(9-7-18)10-11-20-12-13-21(16-24(20)26)23-15-14-22(28-2)17-25(23)27/h14-15,17-21,24H,3-13,16H2,1-2H3/t18?,19?,20-,21-,24?/m1/s1. The van der Waals surface area contributed by atoms with Gasteiger partial charge in [-0.1, -0.05) is 64.4 Å². The van der Waals surface area contributed by atoms with Gasteiger partial charge < -0.3 is 4.74 Å². The summed E-state index contributed by atoms with van der Waals surface area (Å²) in [6.45, 7) is 2.30. The van der Waals surface area contributed by atoms with E-state index in [9.17, 15) is 4.39 Å². The Morgan fingerprint density at radius 3 is 2.32 bits per heavy atom. The minimum atomic E-state index is -0.147. The summed E-state index contributed by atoms with van der Waals surface area (Å²) < 4.78 is 19.5. The van der Waals surface area contributed by atoms with Crippen LogP contribution in [0.2, 0.25) is 0 Å². The minimum absolute atomic E-state index is 0.147. The van der Waals surface area contributed by atoms with Gasteiger partial charge in [0.2, 0.25) is 0 Å². The third-order valence-electron chi connectivity index (χ3n) is 7.43. The Hall–Kier alpha value is -0.760. The van der Waals surface area contributed by atoms with E-state index in [1.54, 1.807) is 7.11 Å². The van der Waals surface area contributed by atoms with Gasteiger partial charge in [-0.05, 0) is 61.0 Å². The lowest BCUT2D eigenvalue weighted by atomic mass is 9.73. The van der Waals surface area contributed by atoms with Crippen molar-refractivity contribution in [3.63, 3.8) is 0 Å². The topological polar surface area (TPSA) is 9.23 Å². The smallest absolute Gasteiger partial charge is 0.130 e. The fourth-order valence-corrected chi connectivity index (χ4v) is 5.97. The van der Waals surface area contributed by atoms with E-state index in [-0.39, 0.29) is 17.1 Å². The maximum atomic E-state index is 14.4. The van der Waals surface area contributed by atoms with Crippen molar-refractivity contribution in [2.24, 2.45) is 17.8 Å². The summed E-state index contributed by atoms with van der Waals surface area (Å²) in [6, 6.07) is 5.26. The summed E-state index contributed by atoms with van der Waals surface area (Å²) in [5.41, 5.74) is 0.815. The van der Waals surface area contributed by atoms with Crippen molar-refractivity contribution in [3.8, 4) is 5.75 Å². The van der Waals surface area contributed by atoms with Crippen LogP contribution in [-0.2, 0) is 0 Å². The molecule has 1 nitrogen and oxygen atoms in total. The highest BCUT2D eigenvalue weighted by Gasteiger charge is 2.32. The molecule has 158 valence electrons. The maximum absolute atomic E-state index is 14.4. The van der Waals surface area contributed by atoms with Gasteiger partial charge in [-0.25, -0.2) is 4.39 Å². The predicted octanol–water partition coefficient (Wildman–Crippen LogP) is 8.10. The lowest BCUT2D eigenvalue weighted by molar-refractivity contribution is 0.224. The van der Waals surface area contributed by atoms with Crippen LogP contribution in [0, 0.1) is 23.6 Å². The SMILES string of the molecule is CCCCC1CCC(CC[C@@H]2CC[C@@H](c3ccc(OC)cc3F)CC2Cl)CC1. The Balaban J connectivity index is 1.42. The van der Waals surface area contributed by atoms with Gasteiger partial charge in [0.1, 0.15) is 11.6 Å². The van der Waals surface area contributed by atoms with Crippen LogP contribution >= 0.6 is 11.6 Å². The molecule has 2 fully saturated rings. The van der Waals surface area contributed by atoms with Crippen LogP contribution < -0.4 is 4.74 Å². The first-order valence-electron chi connectivity index (χ1n) is 11.6. The third-order valence-corrected chi connectivity index (χ3v) is 7.97. The zero-order chi connectivity index (χ0) is 19.9. The molecule has 0 spiro atoms. The van der Waals surface area contributed by atoms with Crippen LogP contribution in [0.1, 0.15) is 95.5 Å². The highest BCUT2D eigenvalue weighted by Crippen LogP contribution is 2.43. The highest BCUT2D eigenvalue weighted by atomic mass is 35.5. The number of unbranched alkanes of at least 4 members (excludes halogenated alkanes) is 1. The lowest BCUT2D eigenvalue weighted by Gasteiger charge is -2.35. The number of rotatable bonds is 8. The molecule has 3 atom stereocenters. The van der Waals surface area contributed by atoms with E-state index >= 15 is 0 Å². The summed E-state index contributed by atoms with van der Waals surface area (Å²) in [5, 5.41) is 0.182. The highest BCUT2D eigenvalue weighted by molar-refractivity contribution is 6.20. The fraction of sp³-hybridized carbons (Fsp3) is 0.760. The van der Waals surface area contributed by atoms with E-state index in [2.05, 4.69) is 6.92 Å². The molecule has 0 heterocycles. The molecular formula is C25H38ClFO. The molecule has 3 heteroatoms. The molecule has 0 bridgehead atoms. The molecule has 0 aliphatic heterocycles. The van der Waals surface area contributed by atoms with Gasteiger partial charge in [-0.15, -0.1) is 11.6 Å². The van der Waals surface area contributed by atoms with Crippen LogP contribution in [-0.4, -0.2) is 12.5 Å². The summed E-state index contributed by atoms with van der Waals surface area (Å²) >= 11 is 6.79. The lowest BCUT2D eigenvalue weighted by Crippen LogP contribution is -2.26. The zero-order valence-electron chi connectivity index (χ0n) is 17.8. The maximum Gasteiger partial charge on any atom is 0.130 e. The summed E-state index contributed by atoms with van der Waals surface area (Å²) in [6.07, 6.45) is 15.6. The molecule has 0 amide bonds. The van der Waals surface area contributed by atoms with Gasteiger partial charge in [0.15, 0.2) is 0 Å². The molecule has 0 aromatic heterocycles. The normalized spacial score (nSPS) is 30.9. The Labute approximate surface area is 176 Å². The second-order valence-electron chi connectivity index (χ2n) is 9.28. The van der Waals surface area contributed by atoms with Crippen LogP contribution in [0.3, 0.4) is 0 Å². The third kappa shape index (κ3) is 5.88. The second-order valence-corrected chi connectivity index (χ2v) is 9.84. The first-order chi connectivity index (χ1) is 13.6. The molecular weight excluding hydrogens is 371 g/mol. The Morgan fingerprint density at radius 1 is 1.00 bits per heavy atom. The molecule has 2 aliphatic rings. The Morgan fingerprint density at radius 2 is 1.71 bits per heavy atom. The van der Waals surface area contributed by atoms with Crippen molar-refractivity contribution in [2.45, 2.75) is 95.3 Å². The van der Waals surface area contributed by atoms with Gasteiger partial charge >= 0.3 is 0 Å². The summed E-state index contributed by atoms with van der Waals surface area (Å²) in [7, 11) is 1.58. The molecule has 1 unspecified atom stereocenters. The molecule has 0 radical (unpaired) electrons. The molecule has 28 heavy (non-hydrogen) atoms. The largest absolute Gasteiger partial charge is 0.497 e. The quantitative estimate of drug-likeness (QED) is 0.394. The minimum Gasteiger partial charge on any atom is -0.497 e. The Kier molecular flexibility index (Phi) is 8.51. The van der Waals surface area contributed by atoms with Gasteiger partial charge in [0.05, 0.1) is 7.11 Å². The molecule has 1 aromatic rings. The number of halogens is 2. The monoisotopic (exact) mass is 408 g/mol. The molecule has 3 rings (SSSR count). The van der Waals surface area contributed by atoms with E-state index in [0.717, 1.165) is 36.7 Å². The van der Waals surface area contributed by atoms with Crippen molar-refractivity contribution < 1.29 is 9.13 Å². The number of methoxy groups -OCH3 is 1. The summed E-state index contributed by atoms with van der Waals surface area (Å²) in [4.78, 5) is 0. The van der Waals surface area contributed by atoms with Crippen LogP contribution in [0.4, 0.5) is 4.39 Å². The first-order valence-corrected chi connectivity index (χ1v) is 12.0. The second kappa shape index (κ2) is 10.9. The van der Waals surface area contributed by atoms with Gasteiger partial charge in [0.25, 0.3) is 0 Å². The van der Waals surface area contributed by atoms with Gasteiger partial charge in [0, 0.05) is 11.4 Å². The van der Waals surface area contributed by atoms with Crippen LogP contribution in [0.15, 0.2) is 18.2 Å². The van der Waals surface area contributed by atoms with Crippen molar-refractivity contribution in [3.05, 3.63) is 29.6 Å². The number of hydrogen-bond acceptors (Lipinski definition) is 1. The van der Waals surface area contributed by atoms with Gasteiger partial charge in [-0.2, -0.15) is 0 Å². The van der Waals surface area contributed by atoms with Crippen molar-refractivity contribution in [1.82, 2.24) is 0 Å². The Bertz CT molecular complexity index is 596. The molecule has 0 saturated heterocycles. The number of ether oxygens (including phenoxy) is 1. The van der Waals surface area contributed by atoms with E-state index in [0.29, 0.717) is 11.7 Å². The van der Waals surface area contributed by atoms with Crippen molar-refractivity contribution in [2.75, 3.05) is 7.11 Å². The summed E-state index contributed by atoms with van der Waals surface area (Å²) in [5.74, 6) is 3.20. The zero-order valence-corrected chi connectivity index (χ0v) is 18.5. The van der Waals surface area contributed by atoms with Crippen LogP contribution in [0.25, 0.3) is 0 Å². The van der Waals surface area contributed by atoms with Crippen molar-refractivity contribution in [1.29, 1.82) is 0 Å². The molecule has 0 N–H and O–H groups in total. The first kappa shape index (κ1) is 21.9. The van der Waals surface area contributed by atoms with E-state index in [1.807, 2.05) is 12.1 Å². The molecule has 1 aromatic carbocycles. The number of alkyl halides is 1. The average molecular weight is 409 g/mol.